The summed E-state index contributed by atoms with van der Waals surface area (Å²) in [5, 5.41) is 5.36. The first-order chi connectivity index (χ1) is 9.27. The third-order valence-corrected chi connectivity index (χ3v) is 3.14. The van der Waals surface area contributed by atoms with Crippen molar-refractivity contribution in [2.24, 2.45) is 4.99 Å². The lowest BCUT2D eigenvalue weighted by molar-refractivity contribution is -0.137. The summed E-state index contributed by atoms with van der Waals surface area (Å²) in [6.45, 7) is 3.78. The van der Waals surface area contributed by atoms with E-state index in [0.717, 1.165) is 12.1 Å². The van der Waals surface area contributed by atoms with Gasteiger partial charge in [0.25, 0.3) is 5.91 Å². The Bertz CT molecular complexity index is 568. The zero-order valence-corrected chi connectivity index (χ0v) is 11.0. The molecule has 7 heteroatoms. The lowest BCUT2D eigenvalue weighted by atomic mass is 9.91. The number of hydrogen-bond donors (Lipinski definition) is 2. The average molecular weight is 285 g/mol. The van der Waals surface area contributed by atoms with E-state index < -0.39 is 23.2 Å². The maximum atomic E-state index is 12.7. The van der Waals surface area contributed by atoms with E-state index in [1.807, 2.05) is 0 Å². The second-order valence-electron chi connectivity index (χ2n) is 4.61. The summed E-state index contributed by atoms with van der Waals surface area (Å²) >= 11 is 0. The largest absolute Gasteiger partial charge is 0.416 e. The number of aliphatic imine (C=N–C) groups is 1. The van der Waals surface area contributed by atoms with E-state index in [1.165, 1.54) is 19.1 Å². The fourth-order valence-electron chi connectivity index (χ4n) is 2.00. The zero-order chi connectivity index (χ0) is 15.0. The molecule has 2 N–H and O–H groups in total. The molecule has 0 spiro atoms. The standard InChI is InChI=1S/C13H14F3N3O/c1-3-17-11-18-10(20)12(2,19-11)8-5-4-6-9(7-8)13(14,15)16/h4-7H,3H2,1-2H3,(H2,17,18,19,20). The number of carbonyl (C=O) groups excluding carboxylic acids is 1. The van der Waals surface area contributed by atoms with E-state index in [-0.39, 0.29) is 11.5 Å². The van der Waals surface area contributed by atoms with Crippen LogP contribution >= 0.6 is 0 Å². The highest BCUT2D eigenvalue weighted by Gasteiger charge is 2.43. The summed E-state index contributed by atoms with van der Waals surface area (Å²) in [5.41, 5.74) is -1.80. The predicted molar refractivity (Wildman–Crippen MR) is 68.1 cm³/mol. The molecule has 1 saturated heterocycles. The molecule has 1 aromatic carbocycles. The van der Waals surface area contributed by atoms with Crippen LogP contribution in [0.4, 0.5) is 13.2 Å². The van der Waals surface area contributed by atoms with Gasteiger partial charge in [-0.15, -0.1) is 0 Å². The van der Waals surface area contributed by atoms with Gasteiger partial charge >= 0.3 is 6.18 Å². The Morgan fingerprint density at radius 3 is 2.65 bits per heavy atom. The van der Waals surface area contributed by atoms with Crippen LogP contribution in [-0.2, 0) is 16.5 Å². The number of benzene rings is 1. The average Bonchev–Trinajstić information content (AvgIpc) is 2.65. The molecule has 1 atom stereocenters. The third-order valence-electron chi connectivity index (χ3n) is 3.14. The number of amides is 1. The van der Waals surface area contributed by atoms with E-state index in [1.54, 1.807) is 6.92 Å². The van der Waals surface area contributed by atoms with E-state index in [2.05, 4.69) is 15.6 Å². The molecule has 0 aromatic heterocycles. The van der Waals surface area contributed by atoms with Crippen molar-refractivity contribution in [1.82, 2.24) is 10.6 Å². The number of hydrogen-bond acceptors (Lipinski definition) is 2. The van der Waals surface area contributed by atoms with Crippen LogP contribution in [0.25, 0.3) is 0 Å². The Kier molecular flexibility index (Phi) is 3.45. The van der Waals surface area contributed by atoms with Gasteiger partial charge in [-0.25, -0.2) is 0 Å². The predicted octanol–water partition coefficient (Wildman–Crippen LogP) is 2.02. The second-order valence-corrected chi connectivity index (χ2v) is 4.61. The third kappa shape index (κ3) is 2.48. The molecule has 1 amide bonds. The van der Waals surface area contributed by atoms with Crippen molar-refractivity contribution < 1.29 is 18.0 Å². The first kappa shape index (κ1) is 14.4. The molecule has 1 aromatic rings. The minimum absolute atomic E-state index is 0.242. The zero-order valence-electron chi connectivity index (χ0n) is 11.0. The molecule has 1 fully saturated rings. The van der Waals surface area contributed by atoms with Crippen molar-refractivity contribution in [3.8, 4) is 0 Å². The van der Waals surface area contributed by atoms with Crippen LogP contribution in [0, 0.1) is 0 Å². The van der Waals surface area contributed by atoms with E-state index in [4.69, 9.17) is 0 Å². The summed E-state index contributed by atoms with van der Waals surface area (Å²) in [7, 11) is 0. The quantitative estimate of drug-likeness (QED) is 0.873. The van der Waals surface area contributed by atoms with Crippen LogP contribution in [0.5, 0.6) is 0 Å². The molecule has 0 aliphatic carbocycles. The number of alkyl halides is 3. The Morgan fingerprint density at radius 2 is 2.05 bits per heavy atom. The summed E-state index contributed by atoms with van der Waals surface area (Å²) in [5.74, 6) is -0.151. The van der Waals surface area contributed by atoms with Gasteiger partial charge in [0.2, 0.25) is 0 Å². The summed E-state index contributed by atoms with van der Waals surface area (Å²) in [6.07, 6.45) is -4.44. The highest BCUT2D eigenvalue weighted by molar-refractivity contribution is 6.09. The van der Waals surface area contributed by atoms with Gasteiger partial charge < -0.3 is 5.32 Å². The second kappa shape index (κ2) is 4.81. The van der Waals surface area contributed by atoms with Gasteiger partial charge in [0.1, 0.15) is 5.54 Å². The molecule has 1 aliphatic heterocycles. The number of nitrogens with zero attached hydrogens (tertiary/aromatic N) is 1. The van der Waals surface area contributed by atoms with Gasteiger partial charge in [0.05, 0.1) is 5.56 Å². The lowest BCUT2D eigenvalue weighted by Gasteiger charge is -2.22. The fraction of sp³-hybridized carbons (Fsp3) is 0.385. The van der Waals surface area contributed by atoms with Gasteiger partial charge in [-0.3, -0.25) is 15.1 Å². The van der Waals surface area contributed by atoms with E-state index >= 15 is 0 Å². The highest BCUT2D eigenvalue weighted by atomic mass is 19.4. The summed E-state index contributed by atoms with van der Waals surface area (Å²) < 4.78 is 38.2. The van der Waals surface area contributed by atoms with Crippen LogP contribution < -0.4 is 10.6 Å². The van der Waals surface area contributed by atoms with Gasteiger partial charge in [-0.2, -0.15) is 13.2 Å². The molecule has 1 aliphatic rings. The van der Waals surface area contributed by atoms with Crippen LogP contribution in [0.2, 0.25) is 0 Å². The van der Waals surface area contributed by atoms with Crippen molar-refractivity contribution in [3.63, 3.8) is 0 Å². The highest BCUT2D eigenvalue weighted by Crippen LogP contribution is 2.33. The van der Waals surface area contributed by atoms with Gasteiger partial charge in [0, 0.05) is 6.54 Å². The van der Waals surface area contributed by atoms with Gasteiger partial charge in [0.15, 0.2) is 5.96 Å². The van der Waals surface area contributed by atoms with Crippen LogP contribution in [0.15, 0.2) is 29.3 Å². The monoisotopic (exact) mass is 285 g/mol. The van der Waals surface area contributed by atoms with Gasteiger partial charge in [-0.05, 0) is 31.5 Å². The van der Waals surface area contributed by atoms with Crippen molar-refractivity contribution in [3.05, 3.63) is 35.4 Å². The topological polar surface area (TPSA) is 53.5 Å². The SMILES string of the molecule is CCN=C1NC(=O)C(C)(c2cccc(C(F)(F)F)c2)N1. The first-order valence-electron chi connectivity index (χ1n) is 6.09. The fourth-order valence-corrected chi connectivity index (χ4v) is 2.00. The van der Waals surface area contributed by atoms with Crippen molar-refractivity contribution >= 4 is 11.9 Å². The molecule has 1 unspecified atom stereocenters. The Labute approximate surface area is 114 Å². The molecule has 20 heavy (non-hydrogen) atoms. The van der Waals surface area contributed by atoms with Crippen LogP contribution in [-0.4, -0.2) is 18.4 Å². The lowest BCUT2D eigenvalue weighted by Crippen LogP contribution is -2.40. The van der Waals surface area contributed by atoms with Crippen LogP contribution in [0.3, 0.4) is 0 Å². The molecule has 0 bridgehead atoms. The Hall–Kier alpha value is -2.05. The van der Waals surface area contributed by atoms with E-state index in [9.17, 15) is 18.0 Å². The van der Waals surface area contributed by atoms with Crippen molar-refractivity contribution in [2.75, 3.05) is 6.54 Å². The van der Waals surface area contributed by atoms with E-state index in [0.29, 0.717) is 6.54 Å². The minimum atomic E-state index is -4.44. The maximum Gasteiger partial charge on any atom is 0.416 e. The molecule has 0 radical (unpaired) electrons. The van der Waals surface area contributed by atoms with Crippen molar-refractivity contribution in [2.45, 2.75) is 25.6 Å². The maximum absolute atomic E-state index is 12.7. The molecule has 4 nitrogen and oxygen atoms in total. The molecular formula is C13H14F3N3O. The van der Waals surface area contributed by atoms with Gasteiger partial charge in [-0.1, -0.05) is 12.1 Å². The Balaban J connectivity index is 2.41. The molecule has 0 saturated carbocycles. The normalized spacial score (nSPS) is 24.6. The number of carbonyl (C=O) groups is 1. The molecule has 1 heterocycles. The smallest absolute Gasteiger partial charge is 0.338 e. The van der Waals surface area contributed by atoms with Crippen LogP contribution in [0.1, 0.15) is 25.0 Å². The minimum Gasteiger partial charge on any atom is -0.338 e. The number of nitrogens with one attached hydrogen (secondary N) is 2. The number of halogens is 3. The Morgan fingerprint density at radius 1 is 1.35 bits per heavy atom. The molecule has 108 valence electrons. The first-order valence-corrected chi connectivity index (χ1v) is 6.09. The molecule has 2 rings (SSSR count). The molecular weight excluding hydrogens is 271 g/mol. The summed E-state index contributed by atoms with van der Waals surface area (Å²) in [4.78, 5) is 16.0. The van der Waals surface area contributed by atoms with Crippen molar-refractivity contribution in [1.29, 1.82) is 0 Å². The number of guanidine groups is 1. The number of rotatable bonds is 2. The summed E-state index contributed by atoms with van der Waals surface area (Å²) in [6, 6.07) is 4.71.